The van der Waals surface area contributed by atoms with E-state index in [1.165, 1.54) is 11.8 Å². The minimum absolute atomic E-state index is 0.0395. The molecule has 2 aromatic carbocycles. The van der Waals surface area contributed by atoms with E-state index in [9.17, 15) is 18.0 Å². The molecule has 1 amide bonds. The van der Waals surface area contributed by atoms with Gasteiger partial charge >= 0.3 is 6.09 Å². The summed E-state index contributed by atoms with van der Waals surface area (Å²) in [7, 11) is -3.48. The van der Waals surface area contributed by atoms with Crippen LogP contribution >= 0.6 is 0 Å². The topological polar surface area (TPSA) is 98.8 Å². The van der Waals surface area contributed by atoms with Gasteiger partial charge in [-0.3, -0.25) is 4.79 Å². The Hall–Kier alpha value is -2.87. The number of hydrogen-bond acceptors (Lipinski definition) is 6. The zero-order valence-electron chi connectivity index (χ0n) is 27.4. The molecular weight excluding hydrogens is 550 g/mol. The number of amides is 1. The number of aryl methyl sites for hydroxylation is 2. The van der Waals surface area contributed by atoms with Crippen molar-refractivity contribution in [1.29, 1.82) is 0 Å². The minimum Gasteiger partial charge on any atom is -0.486 e. The van der Waals surface area contributed by atoms with Gasteiger partial charge in [0.05, 0.1) is 5.25 Å². The molecule has 2 rings (SSSR count). The molecule has 0 aromatic heterocycles. The number of carbonyl (C=O) groups is 2. The van der Waals surface area contributed by atoms with Crippen molar-refractivity contribution in [3.05, 3.63) is 64.2 Å². The molecule has 42 heavy (non-hydrogen) atoms. The molecule has 2 aromatic rings. The number of ether oxygens (including phenoxy) is 2. The van der Waals surface area contributed by atoms with E-state index in [-0.39, 0.29) is 30.8 Å². The standard InChI is InChI=1S/C34H51NO6S/c1-12-34(13-2,27-16-17-29(24(4)19-27)40-22-30(36)32(5,6)7)26-15-14-25(23(3)18-26)20-28(42(11,38)39)21-41-31(37)35-33(8,9)10/h14-19,28H,12-13,20-22H2,1-11H3,(H,35,37). The summed E-state index contributed by atoms with van der Waals surface area (Å²) < 4.78 is 36.4. The van der Waals surface area contributed by atoms with E-state index in [0.717, 1.165) is 35.1 Å². The zero-order valence-corrected chi connectivity index (χ0v) is 28.3. The van der Waals surface area contributed by atoms with Crippen molar-refractivity contribution in [2.45, 2.75) is 105 Å². The van der Waals surface area contributed by atoms with E-state index < -0.39 is 32.1 Å². The van der Waals surface area contributed by atoms with E-state index >= 15 is 0 Å². The Morgan fingerprint density at radius 2 is 1.43 bits per heavy atom. The van der Waals surface area contributed by atoms with Gasteiger partial charge in [0.2, 0.25) is 0 Å². The van der Waals surface area contributed by atoms with Crippen LogP contribution in [0.1, 0.15) is 96.0 Å². The van der Waals surface area contributed by atoms with E-state index in [0.29, 0.717) is 5.75 Å². The van der Waals surface area contributed by atoms with Gasteiger partial charge in [0.25, 0.3) is 0 Å². The molecule has 7 nitrogen and oxygen atoms in total. The summed E-state index contributed by atoms with van der Waals surface area (Å²) >= 11 is 0. The van der Waals surface area contributed by atoms with Crippen LogP contribution in [0.3, 0.4) is 0 Å². The molecule has 234 valence electrons. The quantitative estimate of drug-likeness (QED) is 0.285. The predicted octanol–water partition coefficient (Wildman–Crippen LogP) is 6.88. The van der Waals surface area contributed by atoms with Crippen LogP contribution in [0.25, 0.3) is 0 Å². The van der Waals surface area contributed by atoms with Gasteiger partial charge in [-0.25, -0.2) is 13.2 Å². The summed E-state index contributed by atoms with van der Waals surface area (Å²) in [4.78, 5) is 24.5. The van der Waals surface area contributed by atoms with Gasteiger partial charge in [0, 0.05) is 22.6 Å². The lowest BCUT2D eigenvalue weighted by atomic mass is 9.69. The Balaban J connectivity index is 2.33. The summed E-state index contributed by atoms with van der Waals surface area (Å²) in [5, 5.41) is 1.85. The lowest BCUT2D eigenvalue weighted by Crippen LogP contribution is -2.42. The molecule has 0 fully saturated rings. The largest absolute Gasteiger partial charge is 0.486 e. The van der Waals surface area contributed by atoms with Gasteiger partial charge in [-0.15, -0.1) is 0 Å². The van der Waals surface area contributed by atoms with Crippen LogP contribution in [-0.4, -0.2) is 50.6 Å². The molecule has 1 N–H and O–H groups in total. The number of rotatable bonds is 12. The smallest absolute Gasteiger partial charge is 0.407 e. The highest BCUT2D eigenvalue weighted by atomic mass is 32.2. The van der Waals surface area contributed by atoms with Gasteiger partial charge < -0.3 is 14.8 Å². The number of nitrogens with one attached hydrogen (secondary N) is 1. The highest BCUT2D eigenvalue weighted by molar-refractivity contribution is 7.91. The highest BCUT2D eigenvalue weighted by Crippen LogP contribution is 2.41. The van der Waals surface area contributed by atoms with E-state index in [2.05, 4.69) is 43.4 Å². The van der Waals surface area contributed by atoms with Gasteiger partial charge in [-0.2, -0.15) is 0 Å². The minimum atomic E-state index is -3.48. The number of Topliss-reactive ketones (excluding diaryl/α,β-unsaturated/α-hetero) is 1. The second kappa shape index (κ2) is 13.6. The molecule has 0 saturated heterocycles. The lowest BCUT2D eigenvalue weighted by Gasteiger charge is -2.34. The van der Waals surface area contributed by atoms with Crippen molar-refractivity contribution in [2.75, 3.05) is 19.5 Å². The highest BCUT2D eigenvalue weighted by Gasteiger charge is 2.32. The van der Waals surface area contributed by atoms with Crippen molar-refractivity contribution in [1.82, 2.24) is 5.32 Å². The van der Waals surface area contributed by atoms with Crippen LogP contribution in [-0.2, 0) is 31.2 Å². The van der Waals surface area contributed by atoms with Crippen LogP contribution in [0, 0.1) is 19.3 Å². The first-order chi connectivity index (χ1) is 19.2. The monoisotopic (exact) mass is 601 g/mol. The predicted molar refractivity (Wildman–Crippen MR) is 170 cm³/mol. The molecule has 0 aliphatic rings. The molecule has 0 heterocycles. The molecule has 1 atom stereocenters. The van der Waals surface area contributed by atoms with Crippen LogP contribution in [0.4, 0.5) is 4.79 Å². The molecule has 0 aliphatic carbocycles. The summed E-state index contributed by atoms with van der Waals surface area (Å²) in [6.07, 6.45) is 2.53. The van der Waals surface area contributed by atoms with Gasteiger partial charge in [-0.05, 0) is 87.8 Å². The van der Waals surface area contributed by atoms with E-state index in [4.69, 9.17) is 9.47 Å². The Morgan fingerprint density at radius 1 is 0.881 bits per heavy atom. The van der Waals surface area contributed by atoms with Gasteiger partial charge in [0.1, 0.15) is 19.0 Å². The normalized spacial score (nSPS) is 13.4. The number of carbonyl (C=O) groups excluding carboxylic acids is 2. The maximum atomic E-state index is 12.6. The summed E-state index contributed by atoms with van der Waals surface area (Å²) in [6, 6.07) is 12.4. The number of ketones is 1. The molecule has 0 bridgehead atoms. The van der Waals surface area contributed by atoms with Crippen molar-refractivity contribution in [3.8, 4) is 5.75 Å². The fraction of sp³-hybridized carbons (Fsp3) is 0.588. The summed E-state index contributed by atoms with van der Waals surface area (Å²) in [6.45, 7) is 19.3. The molecular formula is C34H51NO6S. The van der Waals surface area contributed by atoms with Crippen molar-refractivity contribution in [3.63, 3.8) is 0 Å². The third kappa shape index (κ3) is 9.32. The first-order valence-corrected chi connectivity index (χ1v) is 16.7. The molecule has 0 aliphatic heterocycles. The van der Waals surface area contributed by atoms with Gasteiger partial charge in [0.15, 0.2) is 15.6 Å². The zero-order chi connectivity index (χ0) is 32.1. The summed E-state index contributed by atoms with van der Waals surface area (Å²) in [5.74, 6) is 0.755. The molecule has 0 radical (unpaired) electrons. The fourth-order valence-corrected chi connectivity index (χ4v) is 5.81. The number of benzene rings is 2. The van der Waals surface area contributed by atoms with E-state index in [1.54, 1.807) is 0 Å². The molecule has 0 saturated carbocycles. The SMILES string of the molecule is CCC(CC)(c1ccc(CC(COC(=O)NC(C)(C)C)S(C)(=O)=O)c(C)c1)c1ccc(OCC(=O)C(C)(C)C)c(C)c1. The van der Waals surface area contributed by atoms with Crippen molar-refractivity contribution >= 4 is 21.7 Å². The lowest BCUT2D eigenvalue weighted by molar-refractivity contribution is -0.128. The number of sulfone groups is 1. The second-order valence-corrected chi connectivity index (χ2v) is 15.8. The maximum absolute atomic E-state index is 12.6. The average Bonchev–Trinajstić information content (AvgIpc) is 2.85. The molecule has 8 heteroatoms. The van der Waals surface area contributed by atoms with Crippen LogP contribution in [0.2, 0.25) is 0 Å². The van der Waals surface area contributed by atoms with Crippen LogP contribution in [0.5, 0.6) is 5.75 Å². The van der Waals surface area contributed by atoms with Gasteiger partial charge in [-0.1, -0.05) is 65.0 Å². The van der Waals surface area contributed by atoms with Crippen LogP contribution < -0.4 is 10.1 Å². The Morgan fingerprint density at radius 3 is 1.88 bits per heavy atom. The van der Waals surface area contributed by atoms with E-state index in [1.807, 2.05) is 67.5 Å². The first-order valence-electron chi connectivity index (χ1n) is 14.7. The summed E-state index contributed by atoms with van der Waals surface area (Å²) in [5.41, 5.74) is 4.00. The average molecular weight is 602 g/mol. The third-order valence-corrected chi connectivity index (χ3v) is 9.47. The Labute approximate surface area is 253 Å². The Kier molecular flexibility index (Phi) is 11.5. The second-order valence-electron chi connectivity index (χ2n) is 13.5. The maximum Gasteiger partial charge on any atom is 0.407 e. The van der Waals surface area contributed by atoms with Crippen molar-refractivity contribution in [2.24, 2.45) is 5.41 Å². The number of hydrogen-bond donors (Lipinski definition) is 1. The van der Waals surface area contributed by atoms with Crippen molar-refractivity contribution < 1.29 is 27.5 Å². The first kappa shape index (κ1) is 35.3. The fourth-order valence-electron chi connectivity index (χ4n) is 5.01. The van der Waals surface area contributed by atoms with Crippen LogP contribution in [0.15, 0.2) is 36.4 Å². The third-order valence-electron chi connectivity index (χ3n) is 7.96. The molecule has 1 unspecified atom stereocenters. The molecule has 0 spiro atoms. The number of alkyl carbamates (subject to hydrolysis) is 1. The Bertz CT molecular complexity index is 1360.